The Labute approximate surface area is 215 Å². The van der Waals surface area contributed by atoms with Crippen molar-refractivity contribution in [3.63, 3.8) is 0 Å². The molecule has 0 unspecified atom stereocenters. The van der Waals surface area contributed by atoms with Gasteiger partial charge in [-0.2, -0.15) is 13.7 Å². The molecule has 4 aromatic rings. The number of allylic oxidation sites excluding steroid dienone is 1. The Balaban J connectivity index is 1.59. The molecule has 3 aromatic carbocycles. The normalized spacial score (nSPS) is 11.9. The zero-order chi connectivity index (χ0) is 26.6. The van der Waals surface area contributed by atoms with Crippen LogP contribution in [0.15, 0.2) is 77.7 Å². The fourth-order valence-corrected chi connectivity index (χ4v) is 4.54. The van der Waals surface area contributed by atoms with Crippen LogP contribution in [0.4, 0.5) is 5.69 Å². The summed E-state index contributed by atoms with van der Waals surface area (Å²) in [6.45, 7) is 0.146. The van der Waals surface area contributed by atoms with Crippen molar-refractivity contribution < 1.29 is 13.0 Å². The molecule has 0 atom stereocenters. The predicted octanol–water partition coefficient (Wildman–Crippen LogP) is 4.47. The third-order valence-corrected chi connectivity index (χ3v) is 6.81. The molecule has 0 aliphatic carbocycles. The maximum absolute atomic E-state index is 12.3. The molecule has 188 valence electrons. The fraction of sp³-hybridized carbons (Fsp3) is 0.179. The highest BCUT2D eigenvalue weighted by molar-refractivity contribution is 7.85. The van der Waals surface area contributed by atoms with Gasteiger partial charge in [0.25, 0.3) is 15.7 Å². The minimum atomic E-state index is -4.09. The Morgan fingerprint density at radius 1 is 1.05 bits per heavy atom. The molecule has 0 spiro atoms. The third-order valence-electron chi connectivity index (χ3n) is 6.00. The summed E-state index contributed by atoms with van der Waals surface area (Å²) in [4.78, 5) is 18.6. The lowest BCUT2D eigenvalue weighted by molar-refractivity contribution is 0.478. The highest BCUT2D eigenvalue weighted by Crippen LogP contribution is 2.26. The van der Waals surface area contributed by atoms with Crippen LogP contribution in [0.2, 0.25) is 0 Å². The molecule has 0 radical (unpaired) electrons. The van der Waals surface area contributed by atoms with Crippen molar-refractivity contribution in [2.24, 2.45) is 0 Å². The second kappa shape index (κ2) is 10.8. The number of hydrogen-bond acceptors (Lipinski definition) is 6. The monoisotopic (exact) mass is 514 g/mol. The van der Waals surface area contributed by atoms with Crippen LogP contribution in [0.3, 0.4) is 0 Å². The second-order valence-corrected chi connectivity index (χ2v) is 10.4. The van der Waals surface area contributed by atoms with Gasteiger partial charge in [0.05, 0.1) is 34.6 Å². The SMILES string of the molecule is CN(C)c1ccc(/C=C(\C#N)c2ccc(-c3ccc4c(c3)ncc(=O)n4CCCS(=O)(=O)O)cc2)cc1. The van der Waals surface area contributed by atoms with Crippen molar-refractivity contribution >= 4 is 38.5 Å². The van der Waals surface area contributed by atoms with Gasteiger partial charge in [0.15, 0.2) is 0 Å². The van der Waals surface area contributed by atoms with E-state index in [9.17, 15) is 18.5 Å². The van der Waals surface area contributed by atoms with Crippen molar-refractivity contribution in [2.75, 3.05) is 24.7 Å². The van der Waals surface area contributed by atoms with Gasteiger partial charge in [-0.15, -0.1) is 0 Å². The van der Waals surface area contributed by atoms with Crippen molar-refractivity contribution in [2.45, 2.75) is 13.0 Å². The quantitative estimate of drug-likeness (QED) is 0.209. The number of benzene rings is 3. The first-order valence-electron chi connectivity index (χ1n) is 11.6. The first-order chi connectivity index (χ1) is 17.6. The van der Waals surface area contributed by atoms with E-state index in [2.05, 4.69) is 11.1 Å². The van der Waals surface area contributed by atoms with Crippen molar-refractivity contribution in [1.82, 2.24) is 9.55 Å². The number of nitriles is 1. The van der Waals surface area contributed by atoms with Crippen molar-refractivity contribution in [1.29, 1.82) is 5.26 Å². The minimum Gasteiger partial charge on any atom is -0.378 e. The highest BCUT2D eigenvalue weighted by atomic mass is 32.2. The summed E-state index contributed by atoms with van der Waals surface area (Å²) in [5.74, 6) is -0.422. The number of rotatable bonds is 8. The topological polar surface area (TPSA) is 116 Å². The summed E-state index contributed by atoms with van der Waals surface area (Å²) in [7, 11) is -0.140. The minimum absolute atomic E-state index is 0.107. The largest absolute Gasteiger partial charge is 0.378 e. The van der Waals surface area contributed by atoms with E-state index in [0.717, 1.165) is 27.9 Å². The van der Waals surface area contributed by atoms with E-state index in [-0.39, 0.29) is 18.5 Å². The lowest BCUT2D eigenvalue weighted by Crippen LogP contribution is -2.22. The second-order valence-electron chi connectivity index (χ2n) is 8.82. The molecule has 0 amide bonds. The molecule has 0 fully saturated rings. The molecule has 0 saturated heterocycles. The summed E-state index contributed by atoms with van der Waals surface area (Å²) in [5, 5.41) is 9.73. The zero-order valence-corrected chi connectivity index (χ0v) is 21.3. The number of anilines is 1. The highest BCUT2D eigenvalue weighted by Gasteiger charge is 2.10. The van der Waals surface area contributed by atoms with Gasteiger partial charge in [-0.3, -0.25) is 9.35 Å². The van der Waals surface area contributed by atoms with Crippen molar-refractivity contribution in [3.05, 3.63) is 94.4 Å². The predicted molar refractivity (Wildman–Crippen MR) is 147 cm³/mol. The van der Waals surface area contributed by atoms with Crippen LogP contribution in [0.5, 0.6) is 0 Å². The van der Waals surface area contributed by atoms with Crippen LogP contribution in [0.25, 0.3) is 33.8 Å². The molecule has 0 bridgehead atoms. The summed E-state index contributed by atoms with van der Waals surface area (Å²) >= 11 is 0. The smallest absolute Gasteiger partial charge is 0.269 e. The Kier molecular flexibility index (Phi) is 7.53. The number of aryl methyl sites for hydroxylation is 1. The van der Waals surface area contributed by atoms with Crippen LogP contribution in [-0.4, -0.2) is 42.4 Å². The molecule has 1 heterocycles. The van der Waals surface area contributed by atoms with Gasteiger partial charge in [-0.1, -0.05) is 42.5 Å². The van der Waals surface area contributed by atoms with Gasteiger partial charge in [0, 0.05) is 26.3 Å². The Morgan fingerprint density at radius 3 is 2.35 bits per heavy atom. The maximum atomic E-state index is 12.3. The number of hydrogen-bond donors (Lipinski definition) is 1. The van der Waals surface area contributed by atoms with E-state index in [1.165, 1.54) is 10.8 Å². The molecule has 0 saturated carbocycles. The summed E-state index contributed by atoms with van der Waals surface area (Å²) in [6.07, 6.45) is 3.17. The van der Waals surface area contributed by atoms with Crippen LogP contribution < -0.4 is 10.5 Å². The molecule has 37 heavy (non-hydrogen) atoms. The molecule has 1 N–H and O–H groups in total. The van der Waals surface area contributed by atoms with E-state index in [1.807, 2.05) is 85.7 Å². The average Bonchev–Trinajstić information content (AvgIpc) is 2.88. The first-order valence-corrected chi connectivity index (χ1v) is 13.2. The molecular weight excluding hydrogens is 488 g/mol. The maximum Gasteiger partial charge on any atom is 0.269 e. The summed E-state index contributed by atoms with van der Waals surface area (Å²) in [6, 6.07) is 23.4. The molecule has 0 aliphatic rings. The lowest BCUT2D eigenvalue weighted by Gasteiger charge is -2.12. The summed E-state index contributed by atoms with van der Waals surface area (Å²) < 4.78 is 32.4. The Morgan fingerprint density at radius 2 is 1.73 bits per heavy atom. The van der Waals surface area contributed by atoms with E-state index >= 15 is 0 Å². The first kappa shape index (κ1) is 25.8. The van der Waals surface area contributed by atoms with E-state index in [1.54, 1.807) is 6.07 Å². The molecular formula is C28H26N4O4S. The van der Waals surface area contributed by atoms with Crippen LogP contribution >= 0.6 is 0 Å². The molecule has 0 aliphatic heterocycles. The van der Waals surface area contributed by atoms with Crippen LogP contribution in [0, 0.1) is 11.3 Å². The molecule has 1 aromatic heterocycles. The number of fused-ring (bicyclic) bond motifs is 1. The van der Waals surface area contributed by atoms with Gasteiger partial charge < -0.3 is 9.47 Å². The van der Waals surface area contributed by atoms with Gasteiger partial charge in [-0.25, -0.2) is 4.98 Å². The molecule has 9 heteroatoms. The fourth-order valence-electron chi connectivity index (χ4n) is 4.04. The van der Waals surface area contributed by atoms with Gasteiger partial charge in [0.1, 0.15) is 0 Å². The van der Waals surface area contributed by atoms with Gasteiger partial charge in [-0.05, 0) is 59.0 Å². The Hall–Kier alpha value is -4.26. The summed E-state index contributed by atoms with van der Waals surface area (Å²) in [5.41, 5.74) is 6.01. The average molecular weight is 515 g/mol. The molecule has 8 nitrogen and oxygen atoms in total. The zero-order valence-electron chi connectivity index (χ0n) is 20.5. The van der Waals surface area contributed by atoms with E-state index < -0.39 is 15.9 Å². The third kappa shape index (κ3) is 6.30. The van der Waals surface area contributed by atoms with Crippen LogP contribution in [0.1, 0.15) is 17.5 Å². The Bertz CT molecular complexity index is 1670. The number of nitrogens with zero attached hydrogens (tertiary/aromatic N) is 4. The van der Waals surface area contributed by atoms with E-state index in [0.29, 0.717) is 16.6 Å². The standard InChI is InChI=1S/C28H26N4O4S/c1-31(2)25-11-4-20(5-12-25)16-24(18-29)22-8-6-21(7-9-22)23-10-13-27-26(17-23)30-19-28(33)32(27)14-3-15-37(34,35)36/h4-13,16-17,19H,3,14-15H2,1-2H3,(H,34,35,36)/b24-16+. The van der Waals surface area contributed by atoms with E-state index in [4.69, 9.17) is 4.55 Å². The van der Waals surface area contributed by atoms with Gasteiger partial charge >= 0.3 is 0 Å². The molecule has 4 rings (SSSR count). The van der Waals surface area contributed by atoms with Gasteiger partial charge in [0.2, 0.25) is 0 Å². The van der Waals surface area contributed by atoms with Crippen LogP contribution in [-0.2, 0) is 16.7 Å². The number of aromatic nitrogens is 2. The lowest BCUT2D eigenvalue weighted by atomic mass is 9.99. The van der Waals surface area contributed by atoms with Crippen molar-refractivity contribution in [3.8, 4) is 17.2 Å².